The van der Waals surface area contributed by atoms with E-state index in [1.807, 2.05) is 18.4 Å². The fourth-order valence-corrected chi connectivity index (χ4v) is 3.69. The van der Waals surface area contributed by atoms with Crippen LogP contribution in [-0.2, 0) is 4.74 Å². The van der Waals surface area contributed by atoms with Crippen LogP contribution < -0.4 is 14.8 Å². The van der Waals surface area contributed by atoms with Gasteiger partial charge in [0.2, 0.25) is 0 Å². The van der Waals surface area contributed by atoms with Crippen molar-refractivity contribution in [3.05, 3.63) is 82.4 Å². The van der Waals surface area contributed by atoms with E-state index in [9.17, 15) is 14.4 Å². The van der Waals surface area contributed by atoms with Crippen LogP contribution in [0.4, 0.5) is 5.69 Å². The number of thioether (sulfide) groups is 1. The van der Waals surface area contributed by atoms with Crippen molar-refractivity contribution < 1.29 is 28.6 Å². The van der Waals surface area contributed by atoms with Gasteiger partial charge in [-0.3, -0.25) is 9.59 Å². The van der Waals surface area contributed by atoms with Crippen LogP contribution in [0, 0.1) is 0 Å². The van der Waals surface area contributed by atoms with E-state index in [1.165, 1.54) is 26.4 Å². The first-order chi connectivity index (χ1) is 16.4. The molecule has 3 aromatic carbocycles. The zero-order valence-corrected chi connectivity index (χ0v) is 20.3. The average Bonchev–Trinajstić information content (AvgIpc) is 2.86. The van der Waals surface area contributed by atoms with Crippen molar-refractivity contribution in [1.29, 1.82) is 0 Å². The molecular formula is C25H22ClNO6S. The Kier molecular flexibility index (Phi) is 8.56. The first-order valence-electron chi connectivity index (χ1n) is 10.0. The van der Waals surface area contributed by atoms with Crippen LogP contribution in [0.3, 0.4) is 0 Å². The monoisotopic (exact) mass is 499 g/mol. The van der Waals surface area contributed by atoms with Crippen LogP contribution >= 0.6 is 23.4 Å². The number of anilines is 1. The Morgan fingerprint density at radius 1 is 0.912 bits per heavy atom. The van der Waals surface area contributed by atoms with Crippen LogP contribution in [0.2, 0.25) is 5.02 Å². The van der Waals surface area contributed by atoms with Crippen LogP contribution in [-0.4, -0.2) is 44.7 Å². The molecule has 176 valence electrons. The van der Waals surface area contributed by atoms with Crippen LogP contribution in [0.15, 0.2) is 65.6 Å². The van der Waals surface area contributed by atoms with E-state index in [-0.39, 0.29) is 33.4 Å². The van der Waals surface area contributed by atoms with Gasteiger partial charge in [0.1, 0.15) is 0 Å². The molecule has 0 aliphatic heterocycles. The number of esters is 1. The minimum absolute atomic E-state index is 0.0106. The van der Waals surface area contributed by atoms with Gasteiger partial charge in [-0.2, -0.15) is 0 Å². The molecule has 0 aromatic heterocycles. The first kappa shape index (κ1) is 25.1. The lowest BCUT2D eigenvalue weighted by atomic mass is 10.1. The third-order valence-electron chi connectivity index (χ3n) is 4.86. The van der Waals surface area contributed by atoms with Gasteiger partial charge in [-0.25, -0.2) is 4.79 Å². The van der Waals surface area contributed by atoms with E-state index < -0.39 is 18.5 Å². The molecule has 0 aliphatic rings. The zero-order chi connectivity index (χ0) is 24.7. The van der Waals surface area contributed by atoms with Gasteiger partial charge in [-0.15, -0.1) is 11.8 Å². The summed E-state index contributed by atoms with van der Waals surface area (Å²) >= 11 is 7.67. The minimum Gasteiger partial charge on any atom is -0.493 e. The van der Waals surface area contributed by atoms with E-state index in [4.69, 9.17) is 25.8 Å². The number of rotatable bonds is 9. The summed E-state index contributed by atoms with van der Waals surface area (Å²) in [5.74, 6) is -1.16. The Balaban J connectivity index is 1.84. The lowest BCUT2D eigenvalue weighted by molar-refractivity contribution is 0.0475. The number of carbonyl (C=O) groups is 3. The number of ether oxygens (including phenoxy) is 3. The number of methoxy groups -OCH3 is 2. The van der Waals surface area contributed by atoms with Gasteiger partial charge >= 0.3 is 5.97 Å². The average molecular weight is 500 g/mol. The maximum Gasteiger partial charge on any atom is 0.340 e. The molecular weight excluding hydrogens is 478 g/mol. The minimum atomic E-state index is -0.815. The Morgan fingerprint density at radius 2 is 1.56 bits per heavy atom. The standard InChI is InChI=1S/C25H22ClNO6S/c1-31-22-12-18(25(30)33-14-21(28)15-8-10-16(34-3)11-9-15)20(13-23(22)32-2)27-24(29)17-6-4-5-7-19(17)26/h4-13H,14H2,1-3H3,(H,27,29). The summed E-state index contributed by atoms with van der Waals surface area (Å²) in [6.45, 7) is -0.469. The molecule has 0 aliphatic carbocycles. The fraction of sp³-hybridized carbons (Fsp3) is 0.160. The molecule has 1 amide bonds. The molecule has 0 spiro atoms. The molecule has 1 N–H and O–H groups in total. The Labute approximate surface area is 206 Å². The van der Waals surface area contributed by atoms with Crippen molar-refractivity contribution in [2.24, 2.45) is 0 Å². The summed E-state index contributed by atoms with van der Waals surface area (Å²) in [5.41, 5.74) is 0.750. The van der Waals surface area contributed by atoms with Gasteiger partial charge in [0.15, 0.2) is 23.9 Å². The molecule has 0 saturated carbocycles. The second kappa shape index (κ2) is 11.6. The Hall–Kier alpha value is -3.49. The first-order valence-corrected chi connectivity index (χ1v) is 11.6. The quantitative estimate of drug-likeness (QED) is 0.240. The van der Waals surface area contributed by atoms with E-state index in [2.05, 4.69) is 5.32 Å². The number of Topliss-reactive ketones (excluding diaryl/α,β-unsaturated/α-hetero) is 1. The molecule has 34 heavy (non-hydrogen) atoms. The van der Waals surface area contributed by atoms with Crippen LogP contribution in [0.1, 0.15) is 31.1 Å². The largest absolute Gasteiger partial charge is 0.493 e. The summed E-state index contributed by atoms with van der Waals surface area (Å²) in [6.07, 6.45) is 1.93. The number of benzene rings is 3. The topological polar surface area (TPSA) is 90.9 Å². The molecule has 9 heteroatoms. The summed E-state index contributed by atoms with van der Waals surface area (Å²) in [5, 5.41) is 2.91. The smallest absolute Gasteiger partial charge is 0.340 e. The summed E-state index contributed by atoms with van der Waals surface area (Å²) in [6, 6.07) is 16.3. The normalized spacial score (nSPS) is 10.4. The van der Waals surface area contributed by atoms with E-state index in [1.54, 1.807) is 48.2 Å². The van der Waals surface area contributed by atoms with Gasteiger partial charge in [-0.1, -0.05) is 35.9 Å². The number of nitrogens with one attached hydrogen (secondary N) is 1. The van der Waals surface area contributed by atoms with E-state index in [0.717, 1.165) is 4.90 Å². The van der Waals surface area contributed by atoms with Crippen LogP contribution in [0.25, 0.3) is 0 Å². The molecule has 0 saturated heterocycles. The molecule has 0 atom stereocenters. The number of halogens is 1. The molecule has 0 unspecified atom stereocenters. The van der Waals surface area contributed by atoms with Gasteiger partial charge in [0, 0.05) is 22.6 Å². The zero-order valence-electron chi connectivity index (χ0n) is 18.7. The van der Waals surface area contributed by atoms with Crippen molar-refractivity contribution in [2.45, 2.75) is 4.90 Å². The maximum atomic E-state index is 12.9. The SMILES string of the molecule is COc1cc(NC(=O)c2ccccc2Cl)c(C(=O)OCC(=O)c2ccc(SC)cc2)cc1OC. The fourth-order valence-electron chi connectivity index (χ4n) is 3.06. The number of hydrogen-bond donors (Lipinski definition) is 1. The predicted octanol–water partition coefficient (Wildman–Crippen LogP) is 5.37. The highest BCUT2D eigenvalue weighted by Crippen LogP contribution is 2.34. The lowest BCUT2D eigenvalue weighted by Crippen LogP contribution is -2.19. The van der Waals surface area contributed by atoms with Crippen molar-refractivity contribution >= 4 is 46.7 Å². The number of amides is 1. The summed E-state index contributed by atoms with van der Waals surface area (Å²) < 4.78 is 15.8. The van der Waals surface area contributed by atoms with E-state index >= 15 is 0 Å². The predicted molar refractivity (Wildman–Crippen MR) is 132 cm³/mol. The third kappa shape index (κ3) is 5.89. The summed E-state index contributed by atoms with van der Waals surface area (Å²) in [4.78, 5) is 39.2. The second-order valence-electron chi connectivity index (χ2n) is 6.91. The van der Waals surface area contributed by atoms with Crippen molar-refractivity contribution in [3.63, 3.8) is 0 Å². The lowest BCUT2D eigenvalue weighted by Gasteiger charge is -2.15. The van der Waals surface area contributed by atoms with Gasteiger partial charge in [-0.05, 0) is 30.5 Å². The molecule has 3 rings (SSSR count). The highest BCUT2D eigenvalue weighted by Gasteiger charge is 2.22. The molecule has 3 aromatic rings. The number of carbonyl (C=O) groups excluding carboxylic acids is 3. The Morgan fingerprint density at radius 3 is 2.18 bits per heavy atom. The summed E-state index contributed by atoms with van der Waals surface area (Å²) in [7, 11) is 2.84. The highest BCUT2D eigenvalue weighted by atomic mass is 35.5. The Bertz CT molecular complexity index is 1210. The van der Waals surface area contributed by atoms with Crippen LogP contribution in [0.5, 0.6) is 11.5 Å². The van der Waals surface area contributed by atoms with Gasteiger partial charge in [0.25, 0.3) is 5.91 Å². The molecule has 7 nitrogen and oxygen atoms in total. The van der Waals surface area contributed by atoms with Crippen molar-refractivity contribution in [3.8, 4) is 11.5 Å². The molecule has 0 radical (unpaired) electrons. The van der Waals surface area contributed by atoms with Gasteiger partial charge < -0.3 is 19.5 Å². The van der Waals surface area contributed by atoms with Gasteiger partial charge in [0.05, 0.1) is 36.1 Å². The highest BCUT2D eigenvalue weighted by molar-refractivity contribution is 7.98. The van der Waals surface area contributed by atoms with Crippen molar-refractivity contribution in [1.82, 2.24) is 0 Å². The number of ketones is 1. The molecule has 0 fully saturated rings. The molecule has 0 heterocycles. The second-order valence-corrected chi connectivity index (χ2v) is 8.20. The number of hydrogen-bond acceptors (Lipinski definition) is 7. The maximum absolute atomic E-state index is 12.9. The molecule has 0 bridgehead atoms. The van der Waals surface area contributed by atoms with E-state index in [0.29, 0.717) is 11.3 Å². The third-order valence-corrected chi connectivity index (χ3v) is 5.93. The van der Waals surface area contributed by atoms with Crippen molar-refractivity contribution in [2.75, 3.05) is 32.4 Å².